The van der Waals surface area contributed by atoms with Crippen LogP contribution >= 0.6 is 11.5 Å². The van der Waals surface area contributed by atoms with Gasteiger partial charge in [-0.05, 0) is 43.4 Å². The molecule has 0 saturated carbocycles. The number of carbonyl (C=O) groups excluding carboxylic acids is 2. The van der Waals surface area contributed by atoms with Crippen molar-refractivity contribution in [3.05, 3.63) is 52.5 Å². The Morgan fingerprint density at radius 1 is 1.33 bits per heavy atom. The van der Waals surface area contributed by atoms with E-state index in [1.54, 1.807) is 12.3 Å². The first kappa shape index (κ1) is 16.6. The van der Waals surface area contributed by atoms with E-state index in [4.69, 9.17) is 4.74 Å². The largest absolute Gasteiger partial charge is 0.462 e. The molecule has 24 heavy (non-hydrogen) atoms. The topological polar surface area (TPSA) is 59.5 Å². The van der Waals surface area contributed by atoms with E-state index in [2.05, 4.69) is 4.37 Å². The number of piperidine rings is 1. The lowest BCUT2D eigenvalue weighted by Crippen LogP contribution is -2.41. The Bertz CT molecular complexity index is 714. The normalized spacial score (nSPS) is 17.5. The molecule has 0 bridgehead atoms. The predicted molar refractivity (Wildman–Crippen MR) is 92.2 cm³/mol. The third kappa shape index (κ3) is 3.82. The van der Waals surface area contributed by atoms with Crippen LogP contribution in [0.5, 0.6) is 0 Å². The lowest BCUT2D eigenvalue weighted by molar-refractivity contribution is 0.0342. The zero-order chi connectivity index (χ0) is 16.9. The van der Waals surface area contributed by atoms with Crippen molar-refractivity contribution >= 4 is 23.4 Å². The van der Waals surface area contributed by atoms with Crippen molar-refractivity contribution in [2.45, 2.75) is 19.8 Å². The summed E-state index contributed by atoms with van der Waals surface area (Å²) in [4.78, 5) is 26.5. The number of hydrogen-bond donors (Lipinski definition) is 0. The number of rotatable bonds is 4. The highest BCUT2D eigenvalue weighted by molar-refractivity contribution is 7.03. The van der Waals surface area contributed by atoms with Gasteiger partial charge in [0.25, 0.3) is 5.91 Å². The Kier molecular flexibility index (Phi) is 5.25. The van der Waals surface area contributed by atoms with E-state index in [0.29, 0.717) is 30.0 Å². The summed E-state index contributed by atoms with van der Waals surface area (Å²) in [6.07, 6.45) is 1.90. The summed E-state index contributed by atoms with van der Waals surface area (Å²) < 4.78 is 9.52. The Morgan fingerprint density at radius 3 is 2.83 bits per heavy atom. The summed E-state index contributed by atoms with van der Waals surface area (Å²) in [5.41, 5.74) is 1.94. The SMILES string of the molecule is Cc1nscc1C(=O)OC[C@H]1CCCN(C(=O)c2ccccc2)C1. The highest BCUT2D eigenvalue weighted by atomic mass is 32.1. The number of nitrogens with zero attached hydrogens (tertiary/aromatic N) is 2. The third-order valence-corrected chi connectivity index (χ3v) is 4.97. The van der Waals surface area contributed by atoms with E-state index in [9.17, 15) is 9.59 Å². The Morgan fingerprint density at radius 2 is 2.12 bits per heavy atom. The Hall–Kier alpha value is -2.21. The predicted octanol–water partition coefficient (Wildman–Crippen LogP) is 3.16. The molecule has 0 aliphatic carbocycles. The van der Waals surface area contributed by atoms with Crippen LogP contribution in [-0.4, -0.2) is 40.8 Å². The van der Waals surface area contributed by atoms with Crippen LogP contribution in [0.3, 0.4) is 0 Å². The zero-order valence-electron chi connectivity index (χ0n) is 13.6. The number of benzene rings is 1. The van der Waals surface area contributed by atoms with E-state index in [1.807, 2.05) is 35.2 Å². The van der Waals surface area contributed by atoms with Crippen molar-refractivity contribution in [3.8, 4) is 0 Å². The fourth-order valence-electron chi connectivity index (χ4n) is 2.91. The molecule has 3 rings (SSSR count). The number of aryl methyl sites for hydroxylation is 1. The molecule has 126 valence electrons. The summed E-state index contributed by atoms with van der Waals surface area (Å²) in [6, 6.07) is 9.30. The number of likely N-dealkylation sites (tertiary alicyclic amines) is 1. The van der Waals surface area contributed by atoms with Gasteiger partial charge < -0.3 is 9.64 Å². The van der Waals surface area contributed by atoms with Gasteiger partial charge in [-0.15, -0.1) is 0 Å². The van der Waals surface area contributed by atoms with Crippen LogP contribution in [-0.2, 0) is 4.74 Å². The molecular formula is C18H20N2O3S. The van der Waals surface area contributed by atoms with Crippen molar-refractivity contribution in [2.24, 2.45) is 5.92 Å². The number of ether oxygens (including phenoxy) is 1. The molecule has 6 heteroatoms. The monoisotopic (exact) mass is 344 g/mol. The van der Waals surface area contributed by atoms with Gasteiger partial charge in [0.05, 0.1) is 17.9 Å². The average molecular weight is 344 g/mol. The van der Waals surface area contributed by atoms with Crippen LogP contribution in [0, 0.1) is 12.8 Å². The number of hydrogen-bond acceptors (Lipinski definition) is 5. The molecule has 1 atom stereocenters. The quantitative estimate of drug-likeness (QED) is 0.800. The average Bonchev–Trinajstić information content (AvgIpc) is 3.06. The molecule has 1 amide bonds. The Labute approximate surface area is 145 Å². The number of amides is 1. The number of aromatic nitrogens is 1. The lowest BCUT2D eigenvalue weighted by Gasteiger charge is -2.32. The van der Waals surface area contributed by atoms with Crippen molar-refractivity contribution < 1.29 is 14.3 Å². The minimum Gasteiger partial charge on any atom is -0.462 e. The molecule has 1 saturated heterocycles. The molecule has 0 radical (unpaired) electrons. The van der Waals surface area contributed by atoms with Gasteiger partial charge in [-0.2, -0.15) is 4.37 Å². The minimum atomic E-state index is -0.326. The van der Waals surface area contributed by atoms with Crippen LogP contribution in [0.4, 0.5) is 0 Å². The zero-order valence-corrected chi connectivity index (χ0v) is 14.4. The first-order valence-corrected chi connectivity index (χ1v) is 8.91. The first-order chi connectivity index (χ1) is 11.6. The fourth-order valence-corrected chi connectivity index (χ4v) is 3.59. The van der Waals surface area contributed by atoms with Gasteiger partial charge in [0, 0.05) is 30.0 Å². The Balaban J connectivity index is 1.55. The molecule has 1 aromatic heterocycles. The summed E-state index contributed by atoms with van der Waals surface area (Å²) >= 11 is 1.25. The smallest absolute Gasteiger partial charge is 0.340 e. The fraction of sp³-hybridized carbons (Fsp3) is 0.389. The molecule has 1 aromatic carbocycles. The van der Waals surface area contributed by atoms with Crippen LogP contribution in [0.2, 0.25) is 0 Å². The summed E-state index contributed by atoms with van der Waals surface area (Å²) in [6.45, 7) is 3.52. The summed E-state index contributed by atoms with van der Waals surface area (Å²) in [5.74, 6) is -0.0977. The molecule has 1 aliphatic heterocycles. The standard InChI is InChI=1S/C18H20N2O3S/c1-13-16(12-24-19-13)18(22)23-11-14-6-5-9-20(10-14)17(21)15-7-3-2-4-8-15/h2-4,7-8,12,14H,5-6,9-11H2,1H3/t14-/m0/s1. The van der Waals surface area contributed by atoms with Crippen LogP contribution < -0.4 is 0 Å². The van der Waals surface area contributed by atoms with Gasteiger partial charge in [-0.3, -0.25) is 4.79 Å². The van der Waals surface area contributed by atoms with E-state index < -0.39 is 0 Å². The molecule has 2 heterocycles. The summed E-state index contributed by atoms with van der Waals surface area (Å²) in [7, 11) is 0. The van der Waals surface area contributed by atoms with Gasteiger partial charge in [0.2, 0.25) is 0 Å². The van der Waals surface area contributed by atoms with Crippen molar-refractivity contribution in [1.82, 2.24) is 9.27 Å². The molecule has 2 aromatic rings. The van der Waals surface area contributed by atoms with Gasteiger partial charge >= 0.3 is 5.97 Å². The first-order valence-electron chi connectivity index (χ1n) is 8.07. The van der Waals surface area contributed by atoms with Gasteiger partial charge in [0.1, 0.15) is 0 Å². The second-order valence-corrected chi connectivity index (χ2v) is 6.67. The third-order valence-electron chi connectivity index (χ3n) is 4.25. The maximum atomic E-state index is 12.5. The molecule has 1 fully saturated rings. The molecule has 0 unspecified atom stereocenters. The molecule has 0 N–H and O–H groups in total. The van der Waals surface area contributed by atoms with Crippen LogP contribution in [0.15, 0.2) is 35.7 Å². The second-order valence-electron chi connectivity index (χ2n) is 6.04. The second kappa shape index (κ2) is 7.57. The minimum absolute atomic E-state index is 0.0458. The molecule has 1 aliphatic rings. The highest BCUT2D eigenvalue weighted by Crippen LogP contribution is 2.20. The lowest BCUT2D eigenvalue weighted by atomic mass is 9.98. The van der Waals surface area contributed by atoms with Crippen molar-refractivity contribution in [2.75, 3.05) is 19.7 Å². The van der Waals surface area contributed by atoms with Gasteiger partial charge in [-0.25, -0.2) is 4.79 Å². The maximum absolute atomic E-state index is 12.5. The maximum Gasteiger partial charge on any atom is 0.340 e. The van der Waals surface area contributed by atoms with Gasteiger partial charge in [-0.1, -0.05) is 18.2 Å². The van der Waals surface area contributed by atoms with Crippen molar-refractivity contribution in [3.63, 3.8) is 0 Å². The highest BCUT2D eigenvalue weighted by Gasteiger charge is 2.25. The van der Waals surface area contributed by atoms with E-state index in [-0.39, 0.29) is 17.8 Å². The number of carbonyl (C=O) groups is 2. The van der Waals surface area contributed by atoms with Crippen molar-refractivity contribution in [1.29, 1.82) is 0 Å². The van der Waals surface area contributed by atoms with Crippen LogP contribution in [0.1, 0.15) is 39.3 Å². The summed E-state index contributed by atoms with van der Waals surface area (Å²) in [5, 5.41) is 1.71. The molecule has 0 spiro atoms. The van der Waals surface area contributed by atoms with E-state index in [0.717, 1.165) is 19.4 Å². The van der Waals surface area contributed by atoms with Crippen LogP contribution in [0.25, 0.3) is 0 Å². The van der Waals surface area contributed by atoms with E-state index >= 15 is 0 Å². The van der Waals surface area contributed by atoms with E-state index in [1.165, 1.54) is 11.5 Å². The van der Waals surface area contributed by atoms with Gasteiger partial charge in [0.15, 0.2) is 0 Å². The molecular weight excluding hydrogens is 324 g/mol. The number of esters is 1. The molecule has 5 nitrogen and oxygen atoms in total.